The van der Waals surface area contributed by atoms with E-state index in [4.69, 9.17) is 11.6 Å². The van der Waals surface area contributed by atoms with Crippen molar-refractivity contribution in [3.05, 3.63) is 95.5 Å². The molecule has 2 aliphatic heterocycles. The van der Waals surface area contributed by atoms with Gasteiger partial charge < -0.3 is 0 Å². The molecule has 0 aliphatic carbocycles. The molecule has 3 aromatic rings. The van der Waals surface area contributed by atoms with Crippen LogP contribution in [0.2, 0.25) is 5.02 Å². The first kappa shape index (κ1) is 22.0. The number of benzene rings is 3. The van der Waals surface area contributed by atoms with E-state index in [0.717, 1.165) is 5.56 Å². The van der Waals surface area contributed by atoms with Gasteiger partial charge in [-0.25, -0.2) is 10.0 Å². The fourth-order valence-electron chi connectivity index (χ4n) is 4.76. The van der Waals surface area contributed by atoms with Crippen molar-refractivity contribution in [1.82, 2.24) is 0 Å². The number of hydrogen-bond donors (Lipinski definition) is 0. The standard InChI is InChI=1S/C27H23ClN4O2/c1-17-23(26(33)31(29-17)21-9-5-3-6-10-21)25(19-13-15-20(28)16-14-19)24-18(2)30-32(27(24)34)22-11-7-4-8-12-22/h3-16,23-25H,1-2H3/t23-,24-/m0/s1. The summed E-state index contributed by atoms with van der Waals surface area (Å²) < 4.78 is 0. The Balaban J connectivity index is 1.57. The third kappa shape index (κ3) is 3.80. The topological polar surface area (TPSA) is 65.3 Å². The van der Waals surface area contributed by atoms with E-state index in [-0.39, 0.29) is 11.8 Å². The average Bonchev–Trinajstić information content (AvgIpc) is 3.32. The average molecular weight is 471 g/mol. The van der Waals surface area contributed by atoms with Crippen molar-refractivity contribution in [3.63, 3.8) is 0 Å². The number of halogens is 1. The molecule has 0 radical (unpaired) electrons. The molecule has 5 rings (SSSR count). The second-order valence-corrected chi connectivity index (χ2v) is 8.92. The zero-order valence-corrected chi connectivity index (χ0v) is 19.6. The van der Waals surface area contributed by atoms with Crippen LogP contribution < -0.4 is 10.0 Å². The van der Waals surface area contributed by atoms with Crippen LogP contribution >= 0.6 is 11.6 Å². The van der Waals surface area contributed by atoms with Crippen molar-refractivity contribution in [2.45, 2.75) is 19.8 Å². The predicted octanol–water partition coefficient (Wildman–Crippen LogP) is 5.50. The summed E-state index contributed by atoms with van der Waals surface area (Å²) >= 11 is 6.16. The summed E-state index contributed by atoms with van der Waals surface area (Å²) in [4.78, 5) is 27.5. The highest BCUT2D eigenvalue weighted by molar-refractivity contribution is 6.30. The molecule has 6 nitrogen and oxygen atoms in total. The molecular formula is C27H23ClN4O2. The van der Waals surface area contributed by atoms with Crippen LogP contribution in [0, 0.1) is 11.8 Å². The third-order valence-electron chi connectivity index (χ3n) is 6.34. The zero-order chi connectivity index (χ0) is 23.8. The van der Waals surface area contributed by atoms with Gasteiger partial charge in [-0.1, -0.05) is 60.1 Å². The van der Waals surface area contributed by atoms with Gasteiger partial charge in [0.1, 0.15) is 0 Å². The van der Waals surface area contributed by atoms with Crippen LogP contribution in [0.5, 0.6) is 0 Å². The first-order chi connectivity index (χ1) is 16.5. The summed E-state index contributed by atoms with van der Waals surface area (Å²) in [6.07, 6.45) is 0. The maximum absolute atomic E-state index is 13.7. The Morgan fingerprint density at radius 2 is 1.09 bits per heavy atom. The molecule has 0 saturated heterocycles. The Morgan fingerprint density at radius 3 is 1.50 bits per heavy atom. The van der Waals surface area contributed by atoms with Crippen LogP contribution in [-0.4, -0.2) is 23.2 Å². The molecule has 0 aromatic heterocycles. The number of rotatable bonds is 5. The monoisotopic (exact) mass is 470 g/mol. The second-order valence-electron chi connectivity index (χ2n) is 8.49. The molecule has 0 saturated carbocycles. The summed E-state index contributed by atoms with van der Waals surface area (Å²) in [6, 6.07) is 26.0. The van der Waals surface area contributed by atoms with E-state index in [2.05, 4.69) is 10.2 Å². The molecule has 2 heterocycles. The first-order valence-electron chi connectivity index (χ1n) is 11.1. The highest BCUT2D eigenvalue weighted by atomic mass is 35.5. The van der Waals surface area contributed by atoms with Crippen LogP contribution in [0.3, 0.4) is 0 Å². The van der Waals surface area contributed by atoms with Gasteiger partial charge in [0.05, 0.1) is 23.2 Å². The van der Waals surface area contributed by atoms with Gasteiger partial charge in [0.15, 0.2) is 0 Å². The van der Waals surface area contributed by atoms with Crippen molar-refractivity contribution in [1.29, 1.82) is 0 Å². The van der Waals surface area contributed by atoms with Crippen molar-refractivity contribution in [2.24, 2.45) is 22.0 Å². The number of amides is 2. The van der Waals surface area contributed by atoms with Gasteiger partial charge >= 0.3 is 0 Å². The Labute approximate surface area is 203 Å². The molecule has 0 fully saturated rings. The van der Waals surface area contributed by atoms with Crippen molar-refractivity contribution in [3.8, 4) is 0 Å². The van der Waals surface area contributed by atoms with E-state index in [1.54, 1.807) is 12.1 Å². The van der Waals surface area contributed by atoms with E-state index in [1.165, 1.54) is 10.0 Å². The molecule has 3 aromatic carbocycles. The largest absolute Gasteiger partial charge is 0.272 e. The van der Waals surface area contributed by atoms with E-state index < -0.39 is 17.8 Å². The lowest BCUT2D eigenvalue weighted by molar-refractivity contribution is -0.122. The second kappa shape index (κ2) is 8.88. The summed E-state index contributed by atoms with van der Waals surface area (Å²) in [5.41, 5.74) is 3.55. The summed E-state index contributed by atoms with van der Waals surface area (Å²) in [5, 5.41) is 12.6. The van der Waals surface area contributed by atoms with Crippen molar-refractivity contribution < 1.29 is 9.59 Å². The Hall–Kier alpha value is -3.77. The Morgan fingerprint density at radius 1 is 0.676 bits per heavy atom. The number of hydrazone groups is 2. The van der Waals surface area contributed by atoms with E-state index >= 15 is 0 Å². The molecule has 2 aliphatic rings. The van der Waals surface area contributed by atoms with E-state index in [9.17, 15) is 9.59 Å². The quantitative estimate of drug-likeness (QED) is 0.494. The highest BCUT2D eigenvalue weighted by Crippen LogP contribution is 2.42. The lowest BCUT2D eigenvalue weighted by atomic mass is 9.73. The van der Waals surface area contributed by atoms with Crippen LogP contribution in [-0.2, 0) is 9.59 Å². The fraction of sp³-hybridized carbons (Fsp3) is 0.185. The molecule has 34 heavy (non-hydrogen) atoms. The maximum Gasteiger partial charge on any atom is 0.256 e. The van der Waals surface area contributed by atoms with Crippen LogP contribution in [0.25, 0.3) is 0 Å². The highest BCUT2D eigenvalue weighted by Gasteiger charge is 2.50. The van der Waals surface area contributed by atoms with Crippen molar-refractivity contribution in [2.75, 3.05) is 10.0 Å². The number of para-hydroxylation sites is 2. The molecule has 0 unspecified atom stereocenters. The Bertz CT molecular complexity index is 1210. The van der Waals surface area contributed by atoms with Gasteiger partial charge in [0.2, 0.25) is 0 Å². The number of carbonyl (C=O) groups excluding carboxylic acids is 2. The molecule has 2 atom stereocenters. The van der Waals surface area contributed by atoms with Gasteiger partial charge in [-0.15, -0.1) is 0 Å². The summed E-state index contributed by atoms with van der Waals surface area (Å²) in [7, 11) is 0. The minimum absolute atomic E-state index is 0.164. The van der Waals surface area contributed by atoms with Crippen LogP contribution in [0.15, 0.2) is 95.1 Å². The number of nitrogens with zero attached hydrogens (tertiary/aromatic N) is 4. The fourth-order valence-corrected chi connectivity index (χ4v) is 4.88. The van der Waals surface area contributed by atoms with Gasteiger partial charge in [-0.05, 0) is 55.8 Å². The van der Waals surface area contributed by atoms with Crippen molar-refractivity contribution >= 4 is 46.2 Å². The molecule has 0 N–H and O–H groups in total. The molecular weight excluding hydrogens is 448 g/mol. The van der Waals surface area contributed by atoms with Crippen LogP contribution in [0.4, 0.5) is 11.4 Å². The normalized spacial score (nSPS) is 20.2. The van der Waals surface area contributed by atoms with E-state index in [0.29, 0.717) is 27.8 Å². The van der Waals surface area contributed by atoms with Gasteiger partial charge in [-0.2, -0.15) is 10.2 Å². The van der Waals surface area contributed by atoms with Gasteiger partial charge in [0, 0.05) is 22.4 Å². The maximum atomic E-state index is 13.7. The van der Waals surface area contributed by atoms with Crippen LogP contribution in [0.1, 0.15) is 25.3 Å². The number of hydrogen-bond acceptors (Lipinski definition) is 4. The molecule has 7 heteroatoms. The molecule has 0 bridgehead atoms. The number of carbonyl (C=O) groups is 2. The minimum atomic E-state index is -0.615. The third-order valence-corrected chi connectivity index (χ3v) is 6.59. The van der Waals surface area contributed by atoms with Gasteiger partial charge in [-0.3, -0.25) is 9.59 Å². The lowest BCUT2D eigenvalue weighted by Crippen LogP contribution is -2.40. The number of anilines is 2. The lowest BCUT2D eigenvalue weighted by Gasteiger charge is -2.28. The van der Waals surface area contributed by atoms with Gasteiger partial charge in [0.25, 0.3) is 11.8 Å². The summed E-state index contributed by atoms with van der Waals surface area (Å²) in [5.74, 6) is -2.04. The Kier molecular flexibility index (Phi) is 5.75. The molecule has 170 valence electrons. The summed E-state index contributed by atoms with van der Waals surface area (Å²) in [6.45, 7) is 3.69. The smallest absolute Gasteiger partial charge is 0.256 e. The first-order valence-corrected chi connectivity index (χ1v) is 11.5. The molecule has 0 spiro atoms. The van der Waals surface area contributed by atoms with E-state index in [1.807, 2.05) is 86.6 Å². The molecule has 2 amide bonds. The predicted molar refractivity (Wildman–Crippen MR) is 135 cm³/mol. The SMILES string of the molecule is CC1=NN(c2ccccc2)C(=O)[C@@H]1C(c1ccc(Cl)cc1)[C@H]1C(=O)N(c2ccccc2)N=C1C. The minimum Gasteiger partial charge on any atom is -0.272 e. The zero-order valence-electron chi connectivity index (χ0n) is 18.8.